The SMILES string of the molecule is Cc1cc(CN2CCCCC2)oc1C(=O)O.Cl. The zero-order valence-electron chi connectivity index (χ0n) is 9.94. The number of likely N-dealkylation sites (tertiary alicyclic amines) is 1. The highest BCUT2D eigenvalue weighted by Crippen LogP contribution is 2.18. The fourth-order valence-electron chi connectivity index (χ4n) is 2.18. The van der Waals surface area contributed by atoms with Crippen LogP contribution in [0.15, 0.2) is 10.5 Å². The van der Waals surface area contributed by atoms with Crippen LogP contribution in [0.1, 0.15) is 41.1 Å². The number of carboxylic acid groups (broad SMARTS) is 1. The maximum absolute atomic E-state index is 10.8. The van der Waals surface area contributed by atoms with Crippen LogP contribution in [-0.2, 0) is 6.54 Å². The molecule has 0 saturated carbocycles. The normalized spacial score (nSPS) is 16.5. The van der Waals surface area contributed by atoms with Crippen molar-refractivity contribution in [2.24, 2.45) is 0 Å². The van der Waals surface area contributed by atoms with E-state index in [2.05, 4.69) is 4.90 Å². The van der Waals surface area contributed by atoms with Gasteiger partial charge in [-0.05, 0) is 38.9 Å². The molecule has 1 saturated heterocycles. The van der Waals surface area contributed by atoms with Gasteiger partial charge in [-0.3, -0.25) is 4.90 Å². The molecule has 4 nitrogen and oxygen atoms in total. The third-order valence-electron chi connectivity index (χ3n) is 2.99. The van der Waals surface area contributed by atoms with E-state index in [-0.39, 0.29) is 18.2 Å². The standard InChI is InChI=1S/C12H17NO3.ClH/c1-9-7-10(16-11(9)12(14)15)8-13-5-3-2-4-6-13;/h7H,2-6,8H2,1H3,(H,14,15);1H. The topological polar surface area (TPSA) is 53.7 Å². The minimum atomic E-state index is -0.984. The van der Waals surface area contributed by atoms with Crippen molar-refractivity contribution in [3.63, 3.8) is 0 Å². The van der Waals surface area contributed by atoms with E-state index < -0.39 is 5.97 Å². The fraction of sp³-hybridized carbons (Fsp3) is 0.583. The number of nitrogens with zero attached hydrogens (tertiary/aromatic N) is 1. The van der Waals surface area contributed by atoms with Gasteiger partial charge in [0, 0.05) is 5.56 Å². The van der Waals surface area contributed by atoms with Crippen LogP contribution in [0, 0.1) is 6.92 Å². The summed E-state index contributed by atoms with van der Waals surface area (Å²) in [4.78, 5) is 13.1. The zero-order chi connectivity index (χ0) is 11.5. The molecule has 5 heteroatoms. The Kier molecular flexibility index (Phi) is 5.02. The molecule has 0 unspecified atom stereocenters. The first-order chi connectivity index (χ1) is 7.66. The molecular weight excluding hydrogens is 242 g/mol. The largest absolute Gasteiger partial charge is 0.475 e. The monoisotopic (exact) mass is 259 g/mol. The number of hydrogen-bond donors (Lipinski definition) is 1. The highest BCUT2D eigenvalue weighted by molar-refractivity contribution is 5.86. The van der Waals surface area contributed by atoms with Crippen molar-refractivity contribution >= 4 is 18.4 Å². The molecule has 0 aromatic carbocycles. The Balaban J connectivity index is 0.00000144. The Bertz CT molecular complexity index is 383. The molecule has 1 aromatic rings. The van der Waals surface area contributed by atoms with Gasteiger partial charge >= 0.3 is 5.97 Å². The number of carbonyl (C=O) groups is 1. The highest BCUT2D eigenvalue weighted by atomic mass is 35.5. The van der Waals surface area contributed by atoms with E-state index in [1.54, 1.807) is 6.92 Å². The number of piperidine rings is 1. The Morgan fingerprint density at radius 1 is 1.41 bits per heavy atom. The van der Waals surface area contributed by atoms with E-state index in [4.69, 9.17) is 9.52 Å². The van der Waals surface area contributed by atoms with Crippen LogP contribution < -0.4 is 0 Å². The van der Waals surface area contributed by atoms with Gasteiger partial charge in [-0.2, -0.15) is 0 Å². The molecule has 0 atom stereocenters. The van der Waals surface area contributed by atoms with Crippen molar-refractivity contribution in [1.29, 1.82) is 0 Å². The lowest BCUT2D eigenvalue weighted by atomic mass is 10.1. The molecule has 1 aliphatic heterocycles. The van der Waals surface area contributed by atoms with E-state index in [0.717, 1.165) is 25.4 Å². The summed E-state index contributed by atoms with van der Waals surface area (Å²) in [5.74, 6) is -0.147. The Morgan fingerprint density at radius 3 is 2.59 bits per heavy atom. The van der Waals surface area contributed by atoms with E-state index >= 15 is 0 Å². The molecule has 1 N–H and O–H groups in total. The summed E-state index contributed by atoms with van der Waals surface area (Å²) in [6.45, 7) is 4.67. The van der Waals surface area contributed by atoms with Gasteiger partial charge in [0.15, 0.2) is 0 Å². The van der Waals surface area contributed by atoms with Crippen LogP contribution in [0.3, 0.4) is 0 Å². The predicted molar refractivity (Wildman–Crippen MR) is 66.8 cm³/mol. The van der Waals surface area contributed by atoms with Crippen LogP contribution in [0.5, 0.6) is 0 Å². The number of carboxylic acids is 1. The summed E-state index contributed by atoms with van der Waals surface area (Å²) in [5.41, 5.74) is 0.708. The number of halogens is 1. The lowest BCUT2D eigenvalue weighted by molar-refractivity contribution is 0.0656. The van der Waals surface area contributed by atoms with Crippen LogP contribution in [-0.4, -0.2) is 29.1 Å². The average Bonchev–Trinajstić information content (AvgIpc) is 2.61. The Labute approximate surface area is 107 Å². The molecule has 0 bridgehead atoms. The summed E-state index contributed by atoms with van der Waals surface area (Å²) < 4.78 is 5.34. The highest BCUT2D eigenvalue weighted by Gasteiger charge is 2.17. The van der Waals surface area contributed by atoms with Crippen LogP contribution in [0.4, 0.5) is 0 Å². The first kappa shape index (κ1) is 14.1. The second-order valence-electron chi connectivity index (χ2n) is 4.37. The summed E-state index contributed by atoms with van der Waals surface area (Å²) in [7, 11) is 0. The molecule has 2 rings (SSSR count). The molecule has 2 heterocycles. The van der Waals surface area contributed by atoms with E-state index in [0.29, 0.717) is 5.56 Å². The molecule has 1 aliphatic rings. The smallest absolute Gasteiger partial charge is 0.372 e. The maximum atomic E-state index is 10.8. The molecule has 17 heavy (non-hydrogen) atoms. The van der Waals surface area contributed by atoms with E-state index in [1.165, 1.54) is 19.3 Å². The second kappa shape index (κ2) is 6.07. The van der Waals surface area contributed by atoms with Gasteiger partial charge in [0.25, 0.3) is 0 Å². The molecule has 0 aliphatic carbocycles. The fourth-order valence-corrected chi connectivity index (χ4v) is 2.18. The molecule has 0 spiro atoms. The molecule has 1 aromatic heterocycles. The lowest BCUT2D eigenvalue weighted by Gasteiger charge is -2.25. The summed E-state index contributed by atoms with van der Waals surface area (Å²) in [6.07, 6.45) is 3.75. The molecule has 0 amide bonds. The van der Waals surface area contributed by atoms with Crippen LogP contribution >= 0.6 is 12.4 Å². The molecule has 96 valence electrons. The van der Waals surface area contributed by atoms with Crippen LogP contribution in [0.2, 0.25) is 0 Å². The van der Waals surface area contributed by atoms with Gasteiger partial charge in [0.1, 0.15) is 5.76 Å². The molecule has 0 radical (unpaired) electrons. The van der Waals surface area contributed by atoms with Gasteiger partial charge in [0.2, 0.25) is 5.76 Å². The average molecular weight is 260 g/mol. The van der Waals surface area contributed by atoms with Gasteiger partial charge in [0.05, 0.1) is 6.54 Å². The summed E-state index contributed by atoms with van der Waals surface area (Å²) in [6, 6.07) is 1.83. The number of aryl methyl sites for hydroxylation is 1. The van der Waals surface area contributed by atoms with Crippen molar-refractivity contribution in [3.8, 4) is 0 Å². The number of hydrogen-bond acceptors (Lipinski definition) is 3. The Hall–Kier alpha value is -1.00. The van der Waals surface area contributed by atoms with Gasteiger partial charge in [-0.15, -0.1) is 12.4 Å². The van der Waals surface area contributed by atoms with E-state index in [1.807, 2.05) is 6.07 Å². The van der Waals surface area contributed by atoms with Gasteiger partial charge in [-0.25, -0.2) is 4.79 Å². The van der Waals surface area contributed by atoms with Crippen molar-refractivity contribution in [2.75, 3.05) is 13.1 Å². The minimum Gasteiger partial charge on any atom is -0.475 e. The van der Waals surface area contributed by atoms with Crippen molar-refractivity contribution < 1.29 is 14.3 Å². The number of aromatic carboxylic acids is 1. The number of rotatable bonds is 3. The minimum absolute atomic E-state index is 0. The van der Waals surface area contributed by atoms with Gasteiger partial charge < -0.3 is 9.52 Å². The quantitative estimate of drug-likeness (QED) is 0.907. The van der Waals surface area contributed by atoms with Crippen molar-refractivity contribution in [1.82, 2.24) is 4.90 Å². The zero-order valence-corrected chi connectivity index (χ0v) is 10.8. The first-order valence-corrected chi connectivity index (χ1v) is 5.72. The second-order valence-corrected chi connectivity index (χ2v) is 4.37. The molecular formula is C12H18ClNO3. The lowest BCUT2D eigenvalue weighted by Crippen LogP contribution is -2.28. The first-order valence-electron chi connectivity index (χ1n) is 5.72. The number of furan rings is 1. The summed E-state index contributed by atoms with van der Waals surface area (Å²) >= 11 is 0. The Morgan fingerprint density at radius 2 is 2.06 bits per heavy atom. The van der Waals surface area contributed by atoms with E-state index in [9.17, 15) is 4.79 Å². The van der Waals surface area contributed by atoms with Crippen LogP contribution in [0.25, 0.3) is 0 Å². The maximum Gasteiger partial charge on any atom is 0.372 e. The van der Waals surface area contributed by atoms with Crippen molar-refractivity contribution in [2.45, 2.75) is 32.7 Å². The third-order valence-corrected chi connectivity index (χ3v) is 2.99. The summed E-state index contributed by atoms with van der Waals surface area (Å²) in [5, 5.41) is 8.88. The molecule has 1 fully saturated rings. The third kappa shape index (κ3) is 3.48. The van der Waals surface area contributed by atoms with Crippen molar-refractivity contribution in [3.05, 3.63) is 23.2 Å². The van der Waals surface area contributed by atoms with Gasteiger partial charge in [-0.1, -0.05) is 6.42 Å². The predicted octanol–water partition coefficient (Wildman–Crippen LogP) is 2.69.